The smallest absolute Gasteiger partial charge is 0.239 e. The Bertz CT molecular complexity index is 518. The highest BCUT2D eigenvalue weighted by atomic mass is 16.2. The van der Waals surface area contributed by atoms with Gasteiger partial charge in [-0.25, -0.2) is 0 Å². The van der Waals surface area contributed by atoms with Crippen LogP contribution in [-0.2, 0) is 14.4 Å². The fraction of sp³-hybridized carbons (Fsp3) is 0.429. The third-order valence-corrected chi connectivity index (χ3v) is 3.13. The molecule has 2 rings (SSSR count). The van der Waals surface area contributed by atoms with Crippen molar-refractivity contribution in [1.29, 1.82) is 0 Å². The highest BCUT2D eigenvalue weighted by molar-refractivity contribution is 5.91. The predicted octanol–water partition coefficient (Wildman–Crippen LogP) is 0.149. The molecule has 0 bridgehead atoms. The van der Waals surface area contributed by atoms with Crippen LogP contribution in [0.25, 0.3) is 0 Å². The number of aromatic nitrogens is 1. The Labute approximate surface area is 122 Å². The van der Waals surface area contributed by atoms with Gasteiger partial charge in [0, 0.05) is 32.1 Å². The van der Waals surface area contributed by atoms with Crippen molar-refractivity contribution < 1.29 is 14.4 Å². The van der Waals surface area contributed by atoms with Crippen LogP contribution in [0, 0.1) is 0 Å². The number of rotatable bonds is 5. The monoisotopic (exact) mass is 290 g/mol. The van der Waals surface area contributed by atoms with Crippen molar-refractivity contribution in [3.05, 3.63) is 24.5 Å². The van der Waals surface area contributed by atoms with E-state index in [1.807, 2.05) is 0 Å². The minimum atomic E-state index is -0.146. The molecule has 0 unspecified atom stereocenters. The van der Waals surface area contributed by atoms with Gasteiger partial charge in [-0.2, -0.15) is 0 Å². The number of piperazine rings is 1. The standard InChI is InChI=1S/C14H18N4O3/c19-12(17-11-3-2-6-15-9-11)4-1-5-14(21)18-8-7-16-13(20)10-18/h2-3,6,9H,1,4-5,7-8,10H2,(H,16,20)(H,17,19). The van der Waals surface area contributed by atoms with Crippen molar-refractivity contribution in [2.45, 2.75) is 19.3 Å². The number of anilines is 1. The molecule has 0 radical (unpaired) electrons. The maximum Gasteiger partial charge on any atom is 0.239 e. The molecule has 7 nitrogen and oxygen atoms in total. The summed E-state index contributed by atoms with van der Waals surface area (Å²) in [5.41, 5.74) is 0.640. The van der Waals surface area contributed by atoms with Gasteiger partial charge in [0.2, 0.25) is 17.7 Å². The molecule has 0 spiro atoms. The molecule has 112 valence electrons. The van der Waals surface area contributed by atoms with Gasteiger partial charge in [0.25, 0.3) is 0 Å². The number of pyridine rings is 1. The zero-order valence-electron chi connectivity index (χ0n) is 11.7. The lowest BCUT2D eigenvalue weighted by Gasteiger charge is -2.26. The van der Waals surface area contributed by atoms with Gasteiger partial charge in [-0.3, -0.25) is 19.4 Å². The van der Waals surface area contributed by atoms with Crippen LogP contribution in [-0.4, -0.2) is 47.2 Å². The van der Waals surface area contributed by atoms with Gasteiger partial charge < -0.3 is 15.5 Å². The van der Waals surface area contributed by atoms with Crippen LogP contribution in [0.15, 0.2) is 24.5 Å². The third-order valence-electron chi connectivity index (χ3n) is 3.13. The Morgan fingerprint density at radius 3 is 2.95 bits per heavy atom. The summed E-state index contributed by atoms with van der Waals surface area (Å²) < 4.78 is 0. The van der Waals surface area contributed by atoms with Crippen molar-refractivity contribution in [1.82, 2.24) is 15.2 Å². The second kappa shape index (κ2) is 7.37. The highest BCUT2D eigenvalue weighted by Gasteiger charge is 2.20. The summed E-state index contributed by atoms with van der Waals surface area (Å²) in [4.78, 5) is 40.2. The summed E-state index contributed by atoms with van der Waals surface area (Å²) in [7, 11) is 0. The predicted molar refractivity (Wildman–Crippen MR) is 76.3 cm³/mol. The van der Waals surface area contributed by atoms with Crippen molar-refractivity contribution in [3.63, 3.8) is 0 Å². The Kier molecular flexibility index (Phi) is 5.25. The molecule has 7 heteroatoms. The first kappa shape index (κ1) is 15.0. The first-order valence-electron chi connectivity index (χ1n) is 6.89. The summed E-state index contributed by atoms with van der Waals surface area (Å²) >= 11 is 0. The molecule has 2 N–H and O–H groups in total. The fourth-order valence-corrected chi connectivity index (χ4v) is 2.07. The molecule has 0 saturated carbocycles. The van der Waals surface area contributed by atoms with Crippen LogP contribution in [0.5, 0.6) is 0 Å². The lowest BCUT2D eigenvalue weighted by Crippen LogP contribution is -2.49. The van der Waals surface area contributed by atoms with Gasteiger partial charge >= 0.3 is 0 Å². The molecule has 1 saturated heterocycles. The van der Waals surface area contributed by atoms with Crippen LogP contribution in [0.1, 0.15) is 19.3 Å². The molecule has 0 aromatic carbocycles. The summed E-state index contributed by atoms with van der Waals surface area (Å²) in [6.07, 6.45) is 4.19. The van der Waals surface area contributed by atoms with Crippen LogP contribution >= 0.6 is 0 Å². The van der Waals surface area contributed by atoms with E-state index in [-0.39, 0.29) is 37.1 Å². The lowest BCUT2D eigenvalue weighted by molar-refractivity contribution is -0.138. The van der Waals surface area contributed by atoms with Gasteiger partial charge in [-0.15, -0.1) is 0 Å². The van der Waals surface area contributed by atoms with Crippen molar-refractivity contribution in [2.24, 2.45) is 0 Å². The molecule has 1 aliphatic heterocycles. The van der Waals surface area contributed by atoms with Gasteiger partial charge in [-0.1, -0.05) is 0 Å². The number of nitrogens with zero attached hydrogens (tertiary/aromatic N) is 2. The zero-order valence-corrected chi connectivity index (χ0v) is 11.7. The molecule has 3 amide bonds. The molecule has 1 aromatic heterocycles. The van der Waals surface area contributed by atoms with E-state index in [0.717, 1.165) is 0 Å². The first-order valence-corrected chi connectivity index (χ1v) is 6.89. The molecule has 1 aromatic rings. The Morgan fingerprint density at radius 1 is 1.38 bits per heavy atom. The molecule has 1 aliphatic rings. The molecule has 2 heterocycles. The molecular formula is C14H18N4O3. The maximum atomic E-state index is 11.9. The summed E-state index contributed by atoms with van der Waals surface area (Å²) in [5.74, 6) is -0.366. The third kappa shape index (κ3) is 4.87. The van der Waals surface area contributed by atoms with Crippen LogP contribution in [0.2, 0.25) is 0 Å². The van der Waals surface area contributed by atoms with Crippen molar-refractivity contribution in [2.75, 3.05) is 25.0 Å². The molecule has 21 heavy (non-hydrogen) atoms. The minimum Gasteiger partial charge on any atom is -0.353 e. The summed E-state index contributed by atoms with van der Waals surface area (Å²) in [6.45, 7) is 1.14. The number of carbonyl (C=O) groups is 3. The van der Waals surface area contributed by atoms with Gasteiger partial charge in [0.05, 0.1) is 18.4 Å². The van der Waals surface area contributed by atoms with E-state index in [1.54, 1.807) is 24.5 Å². The Balaban J connectivity index is 1.67. The molecule has 0 atom stereocenters. The molecule has 0 aliphatic carbocycles. The van der Waals surface area contributed by atoms with E-state index >= 15 is 0 Å². The average molecular weight is 290 g/mol. The van der Waals surface area contributed by atoms with Crippen LogP contribution in [0.3, 0.4) is 0 Å². The van der Waals surface area contributed by atoms with E-state index in [0.29, 0.717) is 25.2 Å². The van der Waals surface area contributed by atoms with E-state index in [1.165, 1.54) is 4.90 Å². The quantitative estimate of drug-likeness (QED) is 0.807. The lowest BCUT2D eigenvalue weighted by atomic mass is 10.2. The number of hydrogen-bond donors (Lipinski definition) is 2. The van der Waals surface area contributed by atoms with E-state index < -0.39 is 0 Å². The normalized spacial score (nSPS) is 14.5. The van der Waals surface area contributed by atoms with Gasteiger partial charge in [0.15, 0.2) is 0 Å². The van der Waals surface area contributed by atoms with E-state index in [2.05, 4.69) is 15.6 Å². The molecular weight excluding hydrogens is 272 g/mol. The number of hydrogen-bond acceptors (Lipinski definition) is 4. The van der Waals surface area contributed by atoms with Crippen molar-refractivity contribution >= 4 is 23.4 Å². The topological polar surface area (TPSA) is 91.4 Å². The van der Waals surface area contributed by atoms with Gasteiger partial charge in [-0.05, 0) is 18.6 Å². The minimum absolute atomic E-state index is 0.0842. The largest absolute Gasteiger partial charge is 0.353 e. The SMILES string of the molecule is O=C1CN(C(=O)CCCC(=O)Nc2cccnc2)CCN1. The van der Waals surface area contributed by atoms with Crippen molar-refractivity contribution in [3.8, 4) is 0 Å². The Hall–Kier alpha value is -2.44. The highest BCUT2D eigenvalue weighted by Crippen LogP contribution is 2.07. The first-order chi connectivity index (χ1) is 10.1. The number of nitrogens with one attached hydrogen (secondary N) is 2. The molecule has 1 fully saturated rings. The Morgan fingerprint density at radius 2 is 2.24 bits per heavy atom. The van der Waals surface area contributed by atoms with E-state index in [9.17, 15) is 14.4 Å². The van der Waals surface area contributed by atoms with Crippen LogP contribution < -0.4 is 10.6 Å². The number of carbonyl (C=O) groups excluding carboxylic acids is 3. The second-order valence-corrected chi connectivity index (χ2v) is 4.81. The summed E-state index contributed by atoms with van der Waals surface area (Å²) in [6, 6.07) is 3.49. The van der Waals surface area contributed by atoms with Gasteiger partial charge in [0.1, 0.15) is 0 Å². The summed E-state index contributed by atoms with van der Waals surface area (Å²) in [5, 5.41) is 5.38. The fourth-order valence-electron chi connectivity index (χ4n) is 2.07. The van der Waals surface area contributed by atoms with Crippen LogP contribution in [0.4, 0.5) is 5.69 Å². The second-order valence-electron chi connectivity index (χ2n) is 4.81. The maximum absolute atomic E-state index is 11.9. The van der Waals surface area contributed by atoms with E-state index in [4.69, 9.17) is 0 Å². The zero-order chi connectivity index (χ0) is 15.1. The average Bonchev–Trinajstić information content (AvgIpc) is 2.48. The number of amides is 3.